The van der Waals surface area contributed by atoms with Crippen LogP contribution in [0.2, 0.25) is 0 Å². The summed E-state index contributed by atoms with van der Waals surface area (Å²) in [6.45, 7) is 1.50. The Hall–Kier alpha value is -0.780. The van der Waals surface area contributed by atoms with Crippen molar-refractivity contribution in [1.82, 2.24) is 14.9 Å². The number of nitrogens with one attached hydrogen (secondary N) is 1. The number of methoxy groups -OCH3 is 1. The third kappa shape index (κ3) is 4.51. The highest BCUT2D eigenvalue weighted by Crippen LogP contribution is 2.00. The van der Waals surface area contributed by atoms with Gasteiger partial charge in [0.05, 0.1) is 19.6 Å². The SMILES string of the molecule is CNCCn1cncc1C(=O)OC.Cl.Cl. The lowest BCUT2D eigenvalue weighted by Crippen LogP contribution is -2.18. The number of aromatic nitrogens is 2. The molecule has 1 aromatic rings. The van der Waals surface area contributed by atoms with E-state index in [-0.39, 0.29) is 30.8 Å². The highest BCUT2D eigenvalue weighted by Gasteiger charge is 2.10. The Morgan fingerprint density at radius 3 is 2.80 bits per heavy atom. The first-order valence-electron chi connectivity index (χ1n) is 4.02. The maximum Gasteiger partial charge on any atom is 0.356 e. The lowest BCUT2D eigenvalue weighted by atomic mass is 10.4. The third-order valence-electron chi connectivity index (χ3n) is 1.71. The van der Waals surface area contributed by atoms with Crippen LogP contribution in [0.3, 0.4) is 0 Å². The van der Waals surface area contributed by atoms with Crippen molar-refractivity contribution in [3.05, 3.63) is 18.2 Å². The number of halogens is 2. The summed E-state index contributed by atoms with van der Waals surface area (Å²) in [7, 11) is 3.21. The molecule has 0 saturated carbocycles. The quantitative estimate of drug-likeness (QED) is 0.807. The van der Waals surface area contributed by atoms with Gasteiger partial charge in [0.25, 0.3) is 0 Å². The predicted octanol–water partition coefficient (Wildman–Crippen LogP) is 0.733. The van der Waals surface area contributed by atoms with Crippen molar-refractivity contribution in [3.63, 3.8) is 0 Å². The van der Waals surface area contributed by atoms with Crippen LogP contribution in [0.5, 0.6) is 0 Å². The van der Waals surface area contributed by atoms with Crippen LogP contribution in [-0.4, -0.2) is 36.2 Å². The summed E-state index contributed by atoms with van der Waals surface area (Å²) in [6.07, 6.45) is 3.12. The van der Waals surface area contributed by atoms with Crippen LogP contribution in [0.15, 0.2) is 12.5 Å². The van der Waals surface area contributed by atoms with E-state index in [2.05, 4.69) is 15.0 Å². The first-order valence-corrected chi connectivity index (χ1v) is 4.02. The highest BCUT2D eigenvalue weighted by atomic mass is 35.5. The van der Waals surface area contributed by atoms with E-state index in [9.17, 15) is 4.79 Å². The predicted molar refractivity (Wildman–Crippen MR) is 62.0 cm³/mol. The second-order valence-electron chi connectivity index (χ2n) is 2.57. The topological polar surface area (TPSA) is 56.2 Å². The van der Waals surface area contributed by atoms with Gasteiger partial charge in [-0.25, -0.2) is 9.78 Å². The van der Waals surface area contributed by atoms with Gasteiger partial charge in [0.1, 0.15) is 5.69 Å². The van der Waals surface area contributed by atoms with Crippen LogP contribution in [0.1, 0.15) is 10.5 Å². The lowest BCUT2D eigenvalue weighted by molar-refractivity contribution is 0.0588. The molecule has 0 saturated heterocycles. The minimum atomic E-state index is -0.353. The number of esters is 1. The van der Waals surface area contributed by atoms with E-state index in [1.54, 1.807) is 10.9 Å². The van der Waals surface area contributed by atoms with Crippen molar-refractivity contribution >= 4 is 30.8 Å². The normalized spacial score (nSPS) is 8.67. The molecule has 0 aromatic carbocycles. The number of nitrogens with zero attached hydrogens (tertiary/aromatic N) is 2. The van der Waals surface area contributed by atoms with Crippen LogP contribution in [0, 0.1) is 0 Å². The van der Waals surface area contributed by atoms with Crippen LogP contribution >= 0.6 is 24.8 Å². The molecule has 0 amide bonds. The largest absolute Gasteiger partial charge is 0.464 e. The molecule has 0 unspecified atom stereocenters. The fourth-order valence-corrected chi connectivity index (χ4v) is 1.01. The first-order chi connectivity index (χ1) is 6.29. The van der Waals surface area contributed by atoms with Crippen molar-refractivity contribution in [2.24, 2.45) is 0 Å². The molecule has 5 nitrogen and oxygen atoms in total. The molecule has 1 N–H and O–H groups in total. The number of likely N-dealkylation sites (N-methyl/N-ethyl adjacent to an activating group) is 1. The van der Waals surface area contributed by atoms with Gasteiger partial charge in [-0.05, 0) is 7.05 Å². The third-order valence-corrected chi connectivity index (χ3v) is 1.71. The summed E-state index contributed by atoms with van der Waals surface area (Å²) in [4.78, 5) is 15.0. The molecule has 0 aliphatic carbocycles. The molecule has 0 fully saturated rings. The molecule has 0 radical (unpaired) electrons. The average Bonchev–Trinajstić information content (AvgIpc) is 2.61. The van der Waals surface area contributed by atoms with Crippen LogP contribution in [-0.2, 0) is 11.3 Å². The van der Waals surface area contributed by atoms with Crippen LogP contribution in [0.25, 0.3) is 0 Å². The van der Waals surface area contributed by atoms with E-state index in [1.165, 1.54) is 13.3 Å². The van der Waals surface area contributed by atoms with E-state index in [0.717, 1.165) is 6.54 Å². The van der Waals surface area contributed by atoms with E-state index in [4.69, 9.17) is 0 Å². The smallest absolute Gasteiger partial charge is 0.356 e. The summed E-state index contributed by atoms with van der Waals surface area (Å²) in [5.41, 5.74) is 0.484. The van der Waals surface area contributed by atoms with Gasteiger partial charge in [-0.2, -0.15) is 0 Å². The Morgan fingerprint density at radius 1 is 1.60 bits per heavy atom. The zero-order valence-corrected chi connectivity index (χ0v) is 10.2. The Kier molecular flexibility index (Phi) is 9.46. The Bertz CT molecular complexity index is 291. The molecular weight excluding hydrogens is 241 g/mol. The van der Waals surface area contributed by atoms with E-state index < -0.39 is 0 Å². The summed E-state index contributed by atoms with van der Waals surface area (Å²) in [6, 6.07) is 0. The van der Waals surface area contributed by atoms with Crippen LogP contribution in [0.4, 0.5) is 0 Å². The zero-order valence-electron chi connectivity index (χ0n) is 8.60. The van der Waals surface area contributed by atoms with Gasteiger partial charge < -0.3 is 14.6 Å². The number of imidazole rings is 1. The maximum atomic E-state index is 11.2. The molecule has 15 heavy (non-hydrogen) atoms. The fourth-order valence-electron chi connectivity index (χ4n) is 1.01. The number of ether oxygens (including phenoxy) is 1. The van der Waals surface area contributed by atoms with Crippen LogP contribution < -0.4 is 5.32 Å². The van der Waals surface area contributed by atoms with Gasteiger partial charge in [-0.3, -0.25) is 0 Å². The van der Waals surface area contributed by atoms with Crippen molar-refractivity contribution in [2.45, 2.75) is 6.54 Å². The number of hydrogen-bond donors (Lipinski definition) is 1. The lowest BCUT2D eigenvalue weighted by Gasteiger charge is -2.05. The average molecular weight is 256 g/mol. The highest BCUT2D eigenvalue weighted by molar-refractivity contribution is 5.87. The summed E-state index contributed by atoms with van der Waals surface area (Å²) >= 11 is 0. The number of hydrogen-bond acceptors (Lipinski definition) is 4. The van der Waals surface area contributed by atoms with Crippen molar-refractivity contribution < 1.29 is 9.53 Å². The molecule has 0 atom stereocenters. The Labute approximate surface area is 101 Å². The minimum absolute atomic E-state index is 0. The molecule has 7 heteroatoms. The van der Waals surface area contributed by atoms with Crippen molar-refractivity contribution in [2.75, 3.05) is 20.7 Å². The number of carbonyl (C=O) groups is 1. The molecule has 0 bridgehead atoms. The molecule has 1 heterocycles. The number of carbonyl (C=O) groups excluding carboxylic acids is 1. The van der Waals surface area contributed by atoms with E-state index >= 15 is 0 Å². The zero-order chi connectivity index (χ0) is 9.68. The molecule has 0 spiro atoms. The van der Waals surface area contributed by atoms with Crippen molar-refractivity contribution in [1.29, 1.82) is 0 Å². The second kappa shape index (κ2) is 8.52. The summed E-state index contributed by atoms with van der Waals surface area (Å²) in [5, 5.41) is 2.99. The fraction of sp³-hybridized carbons (Fsp3) is 0.500. The van der Waals surface area contributed by atoms with E-state index in [1.807, 2.05) is 7.05 Å². The van der Waals surface area contributed by atoms with Crippen molar-refractivity contribution in [3.8, 4) is 0 Å². The minimum Gasteiger partial charge on any atom is -0.464 e. The molecule has 88 valence electrons. The first kappa shape index (κ1) is 16.6. The molecule has 0 aliphatic heterocycles. The van der Waals surface area contributed by atoms with Gasteiger partial charge in [-0.15, -0.1) is 24.8 Å². The number of rotatable bonds is 4. The molecule has 0 aliphatic rings. The Morgan fingerprint density at radius 2 is 2.27 bits per heavy atom. The molecule has 1 aromatic heterocycles. The summed E-state index contributed by atoms with van der Waals surface area (Å²) < 4.78 is 6.35. The van der Waals surface area contributed by atoms with Gasteiger partial charge in [-0.1, -0.05) is 0 Å². The monoisotopic (exact) mass is 255 g/mol. The van der Waals surface area contributed by atoms with Gasteiger partial charge >= 0.3 is 5.97 Å². The Balaban J connectivity index is 0. The molecule has 1 rings (SSSR count). The van der Waals surface area contributed by atoms with Gasteiger partial charge in [0.2, 0.25) is 0 Å². The van der Waals surface area contributed by atoms with E-state index in [0.29, 0.717) is 12.2 Å². The second-order valence-corrected chi connectivity index (χ2v) is 2.57. The standard InChI is InChI=1S/C8H13N3O2.2ClH/c1-9-3-4-11-6-10-5-7(11)8(12)13-2;;/h5-6,9H,3-4H2,1-2H3;2*1H. The van der Waals surface area contributed by atoms with Gasteiger partial charge in [0.15, 0.2) is 0 Å². The molecular formula is C8H15Cl2N3O2. The maximum absolute atomic E-state index is 11.2. The van der Waals surface area contributed by atoms with Gasteiger partial charge in [0, 0.05) is 13.1 Å². The summed E-state index contributed by atoms with van der Waals surface area (Å²) in [5.74, 6) is -0.353.